The Labute approximate surface area is 141 Å². The number of hydrogen-bond donors (Lipinski definition) is 1. The van der Waals surface area contributed by atoms with E-state index < -0.39 is 11.6 Å². The summed E-state index contributed by atoms with van der Waals surface area (Å²) >= 11 is 0. The molecule has 2 aliphatic heterocycles. The maximum atomic E-state index is 10.7. The molecule has 2 aliphatic rings. The van der Waals surface area contributed by atoms with Crippen molar-refractivity contribution in [1.29, 1.82) is 0 Å². The predicted octanol–water partition coefficient (Wildman–Crippen LogP) is 2.91. The Hall–Kier alpha value is -0.200. The van der Waals surface area contributed by atoms with Crippen molar-refractivity contribution >= 4 is 0 Å². The van der Waals surface area contributed by atoms with Crippen LogP contribution in [0.5, 0.6) is 0 Å². The molecule has 0 radical (unpaired) electrons. The Balaban J connectivity index is 1.71. The van der Waals surface area contributed by atoms with E-state index in [-0.39, 0.29) is 6.10 Å². The summed E-state index contributed by atoms with van der Waals surface area (Å²) in [6, 6.07) is 0. The van der Waals surface area contributed by atoms with Gasteiger partial charge in [0.25, 0.3) is 0 Å². The minimum Gasteiger partial charge on any atom is -0.365 e. The van der Waals surface area contributed by atoms with Crippen LogP contribution in [-0.4, -0.2) is 60.5 Å². The second-order valence-electron chi connectivity index (χ2n) is 7.08. The fourth-order valence-corrected chi connectivity index (χ4v) is 3.65. The van der Waals surface area contributed by atoms with Crippen LogP contribution in [0.15, 0.2) is 0 Å². The average molecular weight is 329 g/mol. The highest BCUT2D eigenvalue weighted by atomic mass is 16.7. The van der Waals surface area contributed by atoms with Crippen molar-refractivity contribution in [2.75, 3.05) is 32.8 Å². The molecular weight excluding hydrogens is 294 g/mol. The summed E-state index contributed by atoms with van der Waals surface area (Å²) in [4.78, 5) is 2.33. The van der Waals surface area contributed by atoms with Crippen molar-refractivity contribution in [2.24, 2.45) is 0 Å². The molecule has 2 unspecified atom stereocenters. The summed E-state index contributed by atoms with van der Waals surface area (Å²) in [5.41, 5.74) is 0. The van der Waals surface area contributed by atoms with E-state index in [1.807, 2.05) is 6.92 Å². The van der Waals surface area contributed by atoms with Gasteiger partial charge in [0.2, 0.25) is 0 Å². The molecule has 0 spiro atoms. The Morgan fingerprint density at radius 3 is 2.48 bits per heavy atom. The lowest BCUT2D eigenvalue weighted by Crippen LogP contribution is -2.43. The van der Waals surface area contributed by atoms with Crippen LogP contribution < -0.4 is 0 Å². The number of ether oxygens (including phenoxy) is 3. The molecule has 0 saturated carbocycles. The van der Waals surface area contributed by atoms with E-state index in [0.29, 0.717) is 19.6 Å². The summed E-state index contributed by atoms with van der Waals surface area (Å²) in [5.74, 6) is -1.34. The molecular formula is C18H35NO4. The van der Waals surface area contributed by atoms with Crippen molar-refractivity contribution in [3.8, 4) is 0 Å². The molecule has 2 fully saturated rings. The van der Waals surface area contributed by atoms with Crippen molar-refractivity contribution in [1.82, 2.24) is 4.90 Å². The van der Waals surface area contributed by atoms with Gasteiger partial charge in [-0.1, -0.05) is 13.8 Å². The summed E-state index contributed by atoms with van der Waals surface area (Å²) in [6.45, 7) is 10.7. The maximum absolute atomic E-state index is 10.7. The molecule has 0 aromatic carbocycles. The van der Waals surface area contributed by atoms with Gasteiger partial charge in [-0.25, -0.2) is 0 Å². The first-order valence-electron chi connectivity index (χ1n) is 9.39. The monoisotopic (exact) mass is 329 g/mol. The van der Waals surface area contributed by atoms with Gasteiger partial charge in [0.1, 0.15) is 0 Å². The van der Waals surface area contributed by atoms with Crippen molar-refractivity contribution < 1.29 is 19.3 Å². The number of hydrogen-bond acceptors (Lipinski definition) is 5. The van der Waals surface area contributed by atoms with Gasteiger partial charge >= 0.3 is 0 Å². The van der Waals surface area contributed by atoms with Crippen LogP contribution in [0.3, 0.4) is 0 Å². The van der Waals surface area contributed by atoms with Crippen LogP contribution in [0.1, 0.15) is 65.7 Å². The lowest BCUT2D eigenvalue weighted by Gasteiger charge is -2.38. The van der Waals surface area contributed by atoms with Gasteiger partial charge < -0.3 is 24.2 Å². The van der Waals surface area contributed by atoms with E-state index >= 15 is 0 Å². The molecule has 2 rings (SSSR count). The van der Waals surface area contributed by atoms with Gasteiger partial charge in [0, 0.05) is 25.8 Å². The number of rotatable bonds is 9. The van der Waals surface area contributed by atoms with Gasteiger partial charge in [-0.3, -0.25) is 0 Å². The third-order valence-electron chi connectivity index (χ3n) is 5.25. The zero-order chi connectivity index (χ0) is 16.8. The minimum atomic E-state index is -0.935. The quantitative estimate of drug-likeness (QED) is 0.705. The molecule has 2 atom stereocenters. The fourth-order valence-electron chi connectivity index (χ4n) is 3.65. The Morgan fingerprint density at radius 2 is 1.83 bits per heavy atom. The highest BCUT2D eigenvalue weighted by Gasteiger charge is 2.36. The topological polar surface area (TPSA) is 51.2 Å². The molecule has 0 aromatic rings. The smallest absolute Gasteiger partial charge is 0.167 e. The van der Waals surface area contributed by atoms with E-state index in [2.05, 4.69) is 18.7 Å². The molecule has 2 saturated heterocycles. The molecule has 23 heavy (non-hydrogen) atoms. The normalized spacial score (nSPS) is 30.9. The number of aliphatic hydroxyl groups is 1. The van der Waals surface area contributed by atoms with Crippen molar-refractivity contribution in [3.63, 3.8) is 0 Å². The van der Waals surface area contributed by atoms with Gasteiger partial charge in [-0.2, -0.15) is 0 Å². The summed E-state index contributed by atoms with van der Waals surface area (Å²) in [7, 11) is 0. The third kappa shape index (κ3) is 5.98. The van der Waals surface area contributed by atoms with E-state index in [1.165, 1.54) is 0 Å². The van der Waals surface area contributed by atoms with Gasteiger partial charge in [-0.05, 0) is 45.7 Å². The van der Waals surface area contributed by atoms with E-state index in [4.69, 9.17) is 14.2 Å². The second-order valence-corrected chi connectivity index (χ2v) is 7.08. The Morgan fingerprint density at radius 1 is 1.13 bits per heavy atom. The average Bonchev–Trinajstić information content (AvgIpc) is 2.95. The Kier molecular flexibility index (Phi) is 7.29. The highest BCUT2D eigenvalue weighted by Crippen LogP contribution is 2.33. The summed E-state index contributed by atoms with van der Waals surface area (Å²) in [6.07, 6.45) is 6.59. The van der Waals surface area contributed by atoms with E-state index in [9.17, 15) is 5.11 Å². The van der Waals surface area contributed by atoms with Crippen LogP contribution in [0.4, 0.5) is 0 Å². The van der Waals surface area contributed by atoms with E-state index in [0.717, 1.165) is 58.2 Å². The van der Waals surface area contributed by atoms with E-state index in [1.54, 1.807) is 0 Å². The van der Waals surface area contributed by atoms with Gasteiger partial charge in [0.05, 0.1) is 19.3 Å². The molecule has 136 valence electrons. The highest BCUT2D eigenvalue weighted by molar-refractivity contribution is 4.79. The van der Waals surface area contributed by atoms with Gasteiger partial charge in [0.15, 0.2) is 11.6 Å². The molecule has 0 aromatic heterocycles. The zero-order valence-electron chi connectivity index (χ0n) is 15.2. The summed E-state index contributed by atoms with van der Waals surface area (Å²) in [5, 5.41) is 10.7. The molecule has 0 bridgehead atoms. The third-order valence-corrected chi connectivity index (χ3v) is 5.25. The van der Waals surface area contributed by atoms with Gasteiger partial charge in [-0.15, -0.1) is 0 Å². The largest absolute Gasteiger partial charge is 0.365 e. The minimum absolute atomic E-state index is 0.162. The van der Waals surface area contributed by atoms with Crippen LogP contribution >= 0.6 is 0 Å². The Bertz CT molecular complexity index is 342. The first-order chi connectivity index (χ1) is 11.0. The fraction of sp³-hybridized carbons (Fsp3) is 1.00. The molecule has 1 N–H and O–H groups in total. The van der Waals surface area contributed by atoms with Crippen LogP contribution in [-0.2, 0) is 14.2 Å². The lowest BCUT2D eigenvalue weighted by molar-refractivity contribution is -0.259. The van der Waals surface area contributed by atoms with Crippen LogP contribution in [0.25, 0.3) is 0 Å². The SMILES string of the molecule is CCN(CC)CCC1(O)CCCC(CCCC2(C)OCCO2)O1. The molecule has 5 nitrogen and oxygen atoms in total. The van der Waals surface area contributed by atoms with Crippen molar-refractivity contribution in [2.45, 2.75) is 83.4 Å². The number of nitrogens with zero attached hydrogens (tertiary/aromatic N) is 1. The van der Waals surface area contributed by atoms with Crippen molar-refractivity contribution in [3.05, 3.63) is 0 Å². The molecule has 0 amide bonds. The standard InChI is InChI=1S/C18H35NO4/c1-4-19(5-2)13-12-18(20)11-7-9-16(23-18)8-6-10-17(3)21-14-15-22-17/h16,20H,4-15H2,1-3H3. The van der Waals surface area contributed by atoms with Crippen LogP contribution in [0, 0.1) is 0 Å². The van der Waals surface area contributed by atoms with Crippen LogP contribution in [0.2, 0.25) is 0 Å². The second kappa shape index (κ2) is 8.77. The predicted molar refractivity (Wildman–Crippen MR) is 90.2 cm³/mol. The molecule has 5 heteroatoms. The lowest BCUT2D eigenvalue weighted by atomic mass is 9.95. The summed E-state index contributed by atoms with van der Waals surface area (Å²) < 4.78 is 17.3. The first-order valence-corrected chi connectivity index (χ1v) is 9.39. The maximum Gasteiger partial charge on any atom is 0.167 e. The molecule has 0 aliphatic carbocycles. The zero-order valence-corrected chi connectivity index (χ0v) is 15.2. The first kappa shape index (κ1) is 19.1. The molecule has 2 heterocycles.